The minimum Gasteiger partial charge on any atom is -0.458 e. The van der Waals surface area contributed by atoms with E-state index in [0.717, 1.165) is 0 Å². The molecule has 0 unspecified atom stereocenters. The summed E-state index contributed by atoms with van der Waals surface area (Å²) in [6.07, 6.45) is 0. The zero-order chi connectivity index (χ0) is 13.8. The Morgan fingerprint density at radius 2 is 1.11 bits per heavy atom. The van der Waals surface area contributed by atoms with E-state index in [-0.39, 0.29) is 0 Å². The highest BCUT2D eigenvalue weighted by Gasteiger charge is 2.03. The third-order valence-electron chi connectivity index (χ3n) is 3.51. The van der Waals surface area contributed by atoms with Crippen LogP contribution in [0.3, 0.4) is 0 Å². The molecule has 0 aromatic heterocycles. The van der Waals surface area contributed by atoms with Gasteiger partial charge in [0.05, 0.1) is 0 Å². The molecule has 0 aliphatic heterocycles. The molecule has 0 N–H and O–H groups in total. The maximum absolute atomic E-state index is 6.12. The third kappa shape index (κ3) is 3.90. The first-order valence-corrected chi connectivity index (χ1v) is 9.33. The molecular weight excluding hydrogens is 264 g/mol. The van der Waals surface area contributed by atoms with Gasteiger partial charge in [-0.1, -0.05) is 47.5 Å². The molecule has 0 fully saturated rings. The lowest BCUT2D eigenvalue weighted by Crippen LogP contribution is -2.28. The van der Waals surface area contributed by atoms with E-state index in [4.69, 9.17) is 4.12 Å². The smallest absolute Gasteiger partial charge is 0.178 e. The molecule has 0 aliphatic carbocycles. The Kier molecular flexibility index (Phi) is 4.74. The van der Waals surface area contributed by atoms with Gasteiger partial charge in [-0.05, 0) is 49.2 Å². The zero-order valence-corrected chi connectivity index (χ0v) is 15.1. The van der Waals surface area contributed by atoms with E-state index in [1.54, 1.807) is 0 Å². The van der Waals surface area contributed by atoms with Crippen LogP contribution in [0, 0.1) is 27.7 Å². The minimum absolute atomic E-state index is 0.564. The van der Waals surface area contributed by atoms with Crippen LogP contribution in [0.25, 0.3) is 0 Å². The first-order chi connectivity index (χ1) is 9.06. The van der Waals surface area contributed by atoms with Crippen LogP contribution in [0.1, 0.15) is 22.3 Å². The van der Waals surface area contributed by atoms with Gasteiger partial charge < -0.3 is 4.12 Å². The molecule has 0 amide bonds. The third-order valence-corrected chi connectivity index (χ3v) is 7.35. The van der Waals surface area contributed by atoms with Crippen LogP contribution >= 0.6 is 0 Å². The van der Waals surface area contributed by atoms with E-state index in [9.17, 15) is 0 Å². The average Bonchev–Trinajstić information content (AvgIpc) is 2.34. The molecule has 2 aromatic rings. The van der Waals surface area contributed by atoms with Gasteiger partial charge in [-0.3, -0.25) is 0 Å². The van der Waals surface area contributed by atoms with Gasteiger partial charge in [-0.25, -0.2) is 0 Å². The van der Waals surface area contributed by atoms with E-state index in [0.29, 0.717) is 0 Å². The Bertz CT molecular complexity index is 527. The Morgan fingerprint density at radius 1 is 0.684 bits per heavy atom. The number of rotatable bonds is 4. The normalized spacial score (nSPS) is 12.0. The number of hydrogen-bond donors (Lipinski definition) is 0. The van der Waals surface area contributed by atoms with Crippen LogP contribution in [-0.4, -0.2) is 19.5 Å². The summed E-state index contributed by atoms with van der Waals surface area (Å²) in [5, 5.41) is 2.89. The minimum atomic E-state index is -0.564. The number of hydrogen-bond acceptors (Lipinski definition) is 1. The van der Waals surface area contributed by atoms with Gasteiger partial charge in [0.15, 0.2) is 19.5 Å². The highest BCUT2D eigenvalue weighted by molar-refractivity contribution is 6.60. The first-order valence-electron chi connectivity index (χ1n) is 6.76. The standard InChI is InChI=1S/C16H22OSi2/c1-11-5-7-15(13(3)9-11)18-17-19-16-8-6-12(2)10-14(16)4/h5-10H,18-19H2,1-4H3. The van der Waals surface area contributed by atoms with Crippen molar-refractivity contribution in [1.82, 2.24) is 0 Å². The van der Waals surface area contributed by atoms with Crippen LogP contribution in [-0.2, 0) is 4.12 Å². The lowest BCUT2D eigenvalue weighted by atomic mass is 10.2. The predicted molar refractivity (Wildman–Crippen MR) is 89.3 cm³/mol. The molecule has 0 aliphatic rings. The summed E-state index contributed by atoms with van der Waals surface area (Å²) in [5.74, 6) is 0. The fraction of sp³-hybridized carbons (Fsp3) is 0.250. The maximum Gasteiger partial charge on any atom is 0.178 e. The average molecular weight is 287 g/mol. The molecule has 0 spiro atoms. The van der Waals surface area contributed by atoms with Crippen molar-refractivity contribution in [2.24, 2.45) is 0 Å². The first kappa shape index (κ1) is 14.2. The SMILES string of the molecule is Cc1ccc([SiH2]O[SiH2]c2ccc(C)cc2C)c(C)c1. The molecule has 100 valence electrons. The van der Waals surface area contributed by atoms with E-state index < -0.39 is 19.5 Å². The molecule has 0 saturated carbocycles. The monoisotopic (exact) mass is 286 g/mol. The van der Waals surface area contributed by atoms with Crippen LogP contribution in [0.2, 0.25) is 0 Å². The summed E-state index contributed by atoms with van der Waals surface area (Å²) in [6, 6.07) is 13.4. The zero-order valence-electron chi connectivity index (χ0n) is 12.3. The van der Waals surface area contributed by atoms with Crippen molar-refractivity contribution in [2.45, 2.75) is 27.7 Å². The Morgan fingerprint density at radius 3 is 1.47 bits per heavy atom. The largest absolute Gasteiger partial charge is 0.458 e. The fourth-order valence-corrected chi connectivity index (χ4v) is 5.54. The Balaban J connectivity index is 1.96. The number of aryl methyl sites for hydroxylation is 4. The Hall–Kier alpha value is -1.17. The van der Waals surface area contributed by atoms with Crippen molar-refractivity contribution in [1.29, 1.82) is 0 Å². The molecule has 2 rings (SSSR count). The second kappa shape index (κ2) is 6.32. The van der Waals surface area contributed by atoms with Crippen molar-refractivity contribution >= 4 is 29.9 Å². The van der Waals surface area contributed by atoms with E-state index in [1.807, 2.05) is 0 Å². The lowest BCUT2D eigenvalue weighted by Gasteiger charge is -2.10. The van der Waals surface area contributed by atoms with Gasteiger partial charge >= 0.3 is 0 Å². The Labute approximate surface area is 120 Å². The van der Waals surface area contributed by atoms with Crippen molar-refractivity contribution in [2.75, 3.05) is 0 Å². The van der Waals surface area contributed by atoms with Crippen molar-refractivity contribution < 1.29 is 4.12 Å². The maximum atomic E-state index is 6.12. The summed E-state index contributed by atoms with van der Waals surface area (Å²) in [5.41, 5.74) is 5.45. The molecule has 3 heteroatoms. The molecule has 0 heterocycles. The van der Waals surface area contributed by atoms with Crippen LogP contribution in [0.5, 0.6) is 0 Å². The molecule has 2 aromatic carbocycles. The van der Waals surface area contributed by atoms with Gasteiger partial charge in [0.25, 0.3) is 0 Å². The molecular formula is C16H22OSi2. The second-order valence-corrected chi connectivity index (χ2v) is 9.09. The summed E-state index contributed by atoms with van der Waals surface area (Å²) < 4.78 is 6.12. The van der Waals surface area contributed by atoms with Crippen LogP contribution in [0.4, 0.5) is 0 Å². The van der Waals surface area contributed by atoms with E-state index in [2.05, 4.69) is 64.1 Å². The molecule has 1 nitrogen and oxygen atoms in total. The summed E-state index contributed by atoms with van der Waals surface area (Å²) in [6.45, 7) is 8.67. The lowest BCUT2D eigenvalue weighted by molar-refractivity contribution is 0.662. The molecule has 0 bridgehead atoms. The van der Waals surface area contributed by atoms with Crippen LogP contribution < -0.4 is 10.4 Å². The summed E-state index contributed by atoms with van der Waals surface area (Å²) >= 11 is 0. The highest BCUT2D eigenvalue weighted by Crippen LogP contribution is 2.01. The fourth-order valence-electron chi connectivity index (χ4n) is 2.29. The molecule has 0 saturated heterocycles. The predicted octanol–water partition coefficient (Wildman–Crippen LogP) is 1.06. The van der Waals surface area contributed by atoms with E-state index >= 15 is 0 Å². The quantitative estimate of drug-likeness (QED) is 0.764. The molecule has 0 radical (unpaired) electrons. The van der Waals surface area contributed by atoms with Crippen molar-refractivity contribution in [3.05, 3.63) is 58.7 Å². The summed E-state index contributed by atoms with van der Waals surface area (Å²) in [4.78, 5) is 0. The molecule has 0 atom stereocenters. The van der Waals surface area contributed by atoms with E-state index in [1.165, 1.54) is 32.6 Å². The van der Waals surface area contributed by atoms with Gasteiger partial charge in [0, 0.05) is 0 Å². The summed E-state index contributed by atoms with van der Waals surface area (Å²) in [7, 11) is -1.13. The topological polar surface area (TPSA) is 9.23 Å². The number of benzene rings is 2. The van der Waals surface area contributed by atoms with Gasteiger partial charge in [-0.15, -0.1) is 0 Å². The second-order valence-electron chi connectivity index (χ2n) is 5.35. The van der Waals surface area contributed by atoms with Gasteiger partial charge in [0.2, 0.25) is 0 Å². The van der Waals surface area contributed by atoms with Gasteiger partial charge in [0.1, 0.15) is 0 Å². The molecule has 19 heavy (non-hydrogen) atoms. The van der Waals surface area contributed by atoms with Crippen molar-refractivity contribution in [3.8, 4) is 0 Å². The van der Waals surface area contributed by atoms with Crippen LogP contribution in [0.15, 0.2) is 36.4 Å². The highest BCUT2D eigenvalue weighted by atomic mass is 28.3. The van der Waals surface area contributed by atoms with Gasteiger partial charge in [-0.2, -0.15) is 0 Å². The van der Waals surface area contributed by atoms with Crippen molar-refractivity contribution in [3.63, 3.8) is 0 Å².